The molecule has 0 unspecified atom stereocenters. The quantitative estimate of drug-likeness (QED) is 0.489. The van der Waals surface area contributed by atoms with Gasteiger partial charge in [-0.15, -0.1) is 0 Å². The van der Waals surface area contributed by atoms with E-state index in [1.165, 1.54) is 0 Å². The Morgan fingerprint density at radius 1 is 1.16 bits per heavy atom. The van der Waals surface area contributed by atoms with Crippen molar-refractivity contribution in [3.63, 3.8) is 0 Å². The van der Waals surface area contributed by atoms with E-state index in [0.717, 1.165) is 65.1 Å². The van der Waals surface area contributed by atoms with Gasteiger partial charge in [0.15, 0.2) is 6.10 Å². The van der Waals surface area contributed by atoms with E-state index in [1.807, 2.05) is 41.6 Å². The van der Waals surface area contributed by atoms with Gasteiger partial charge in [0.2, 0.25) is 0 Å². The van der Waals surface area contributed by atoms with Crippen molar-refractivity contribution in [1.29, 1.82) is 0 Å². The molecular formula is C24H22ClN5O2. The highest BCUT2D eigenvalue weighted by molar-refractivity contribution is 6.31. The Morgan fingerprint density at radius 2 is 2.03 bits per heavy atom. The molecule has 1 atom stereocenters. The maximum atomic E-state index is 13.3. The fourth-order valence-electron chi connectivity index (χ4n) is 4.96. The minimum atomic E-state index is -0.519. The number of rotatable bonds is 3. The van der Waals surface area contributed by atoms with Crippen LogP contribution in [0.15, 0.2) is 49.2 Å². The van der Waals surface area contributed by atoms with Gasteiger partial charge in [-0.1, -0.05) is 11.6 Å². The molecule has 2 aliphatic rings. The number of ether oxygens (including phenoxy) is 1. The molecule has 8 heteroatoms. The van der Waals surface area contributed by atoms with Crippen molar-refractivity contribution in [2.24, 2.45) is 0 Å². The maximum Gasteiger partial charge on any atom is 0.263 e. The number of nitrogens with one attached hydrogen (secondary N) is 2. The van der Waals surface area contributed by atoms with E-state index in [-0.39, 0.29) is 5.91 Å². The van der Waals surface area contributed by atoms with E-state index in [1.54, 1.807) is 12.5 Å². The Kier molecular flexibility index (Phi) is 4.64. The van der Waals surface area contributed by atoms with Gasteiger partial charge in [-0.25, -0.2) is 9.97 Å². The van der Waals surface area contributed by atoms with Crippen molar-refractivity contribution in [1.82, 2.24) is 24.8 Å². The molecule has 3 aromatic heterocycles. The number of likely N-dealkylation sites (tertiary alicyclic amines) is 1. The van der Waals surface area contributed by atoms with Crippen molar-refractivity contribution in [3.8, 4) is 16.9 Å². The second kappa shape index (κ2) is 7.67. The molecule has 1 amide bonds. The van der Waals surface area contributed by atoms with Crippen LogP contribution in [0.4, 0.5) is 0 Å². The number of imidazole rings is 1. The molecular weight excluding hydrogens is 426 g/mol. The Labute approximate surface area is 189 Å². The largest absolute Gasteiger partial charge is 0.479 e. The van der Waals surface area contributed by atoms with E-state index in [9.17, 15) is 4.79 Å². The van der Waals surface area contributed by atoms with Crippen LogP contribution in [0.2, 0.25) is 5.02 Å². The summed E-state index contributed by atoms with van der Waals surface area (Å²) in [5, 5.41) is 1.63. The van der Waals surface area contributed by atoms with Gasteiger partial charge in [-0.2, -0.15) is 0 Å². The number of hydrogen-bond acceptors (Lipinski definition) is 4. The molecule has 1 aromatic carbocycles. The first-order valence-corrected chi connectivity index (χ1v) is 11.2. The predicted octanol–water partition coefficient (Wildman–Crippen LogP) is 4.32. The number of hydrogen-bond donors (Lipinski definition) is 2. The molecule has 0 saturated carbocycles. The van der Waals surface area contributed by atoms with Gasteiger partial charge in [-0.05, 0) is 42.7 Å². The standard InChI is InChI=1S/C24H22ClN5O2/c25-16-9-15-10-21(24(31)30-7-3-14(4-8-30)20-12-26-13-29-20)32-22(15)19(11-16)17-1-5-27-23-18(17)2-6-28-23/h1-2,5-6,9,11-14,21H,3-4,7-8,10H2,(H,26,29)(H,27,28)/t21-/m0/s1. The van der Waals surface area contributed by atoms with Gasteiger partial charge >= 0.3 is 0 Å². The summed E-state index contributed by atoms with van der Waals surface area (Å²) in [7, 11) is 0. The Bertz CT molecular complexity index is 1290. The van der Waals surface area contributed by atoms with Crippen LogP contribution in [-0.2, 0) is 11.2 Å². The number of fused-ring (bicyclic) bond motifs is 2. The molecule has 0 radical (unpaired) electrons. The lowest BCUT2D eigenvalue weighted by atomic mass is 9.93. The highest BCUT2D eigenvalue weighted by Crippen LogP contribution is 2.43. The molecule has 1 fully saturated rings. The van der Waals surface area contributed by atoms with Crippen molar-refractivity contribution in [2.45, 2.75) is 31.3 Å². The molecule has 5 heterocycles. The van der Waals surface area contributed by atoms with Gasteiger partial charge in [-0.3, -0.25) is 4.79 Å². The summed E-state index contributed by atoms with van der Waals surface area (Å²) in [4.78, 5) is 30.1. The van der Waals surface area contributed by atoms with Gasteiger partial charge in [0.1, 0.15) is 11.4 Å². The fraction of sp³-hybridized carbons (Fsp3) is 0.292. The van der Waals surface area contributed by atoms with Crippen LogP contribution in [0.3, 0.4) is 0 Å². The van der Waals surface area contributed by atoms with E-state index >= 15 is 0 Å². The van der Waals surface area contributed by atoms with Crippen LogP contribution >= 0.6 is 11.6 Å². The Hall–Kier alpha value is -3.32. The number of aromatic nitrogens is 4. The number of halogens is 1. The summed E-state index contributed by atoms with van der Waals surface area (Å²) < 4.78 is 6.29. The number of aromatic amines is 2. The number of carbonyl (C=O) groups excluding carboxylic acids is 1. The number of amides is 1. The summed E-state index contributed by atoms with van der Waals surface area (Å²) in [5.41, 5.74) is 4.81. The minimum Gasteiger partial charge on any atom is -0.479 e. The molecule has 2 aliphatic heterocycles. The van der Waals surface area contributed by atoms with Crippen LogP contribution in [0.1, 0.15) is 30.0 Å². The zero-order chi connectivity index (χ0) is 21.7. The number of H-pyrrole nitrogens is 2. The van der Waals surface area contributed by atoms with Crippen molar-refractivity contribution in [2.75, 3.05) is 13.1 Å². The third-order valence-corrected chi connectivity index (χ3v) is 6.81. The minimum absolute atomic E-state index is 0.0489. The molecule has 162 valence electrons. The molecule has 6 rings (SSSR count). The summed E-state index contributed by atoms with van der Waals surface area (Å²) >= 11 is 6.46. The molecule has 4 aromatic rings. The van der Waals surface area contributed by atoms with Crippen molar-refractivity contribution in [3.05, 3.63) is 65.5 Å². The lowest BCUT2D eigenvalue weighted by molar-refractivity contribution is -0.139. The van der Waals surface area contributed by atoms with Crippen molar-refractivity contribution >= 4 is 28.5 Å². The van der Waals surface area contributed by atoms with Gasteiger partial charge in [0, 0.05) is 71.2 Å². The molecule has 2 N–H and O–H groups in total. The van der Waals surface area contributed by atoms with Gasteiger partial charge in [0.25, 0.3) is 5.91 Å². The average Bonchev–Trinajstić information content (AvgIpc) is 3.58. The van der Waals surface area contributed by atoms with Crippen LogP contribution < -0.4 is 4.74 Å². The Balaban J connectivity index is 1.24. The molecule has 1 saturated heterocycles. The highest BCUT2D eigenvalue weighted by atomic mass is 35.5. The molecule has 0 aliphatic carbocycles. The third kappa shape index (κ3) is 3.24. The lowest BCUT2D eigenvalue weighted by Crippen LogP contribution is -2.45. The number of carbonyl (C=O) groups is 1. The second-order valence-electron chi connectivity index (χ2n) is 8.46. The van der Waals surface area contributed by atoms with Crippen molar-refractivity contribution < 1.29 is 9.53 Å². The highest BCUT2D eigenvalue weighted by Gasteiger charge is 2.36. The predicted molar refractivity (Wildman–Crippen MR) is 122 cm³/mol. The van der Waals surface area contributed by atoms with Crippen LogP contribution in [0, 0.1) is 0 Å². The smallest absolute Gasteiger partial charge is 0.263 e. The zero-order valence-corrected chi connectivity index (χ0v) is 18.1. The fourth-order valence-corrected chi connectivity index (χ4v) is 5.20. The Morgan fingerprint density at radius 3 is 2.84 bits per heavy atom. The first-order chi connectivity index (χ1) is 15.7. The summed E-state index contributed by atoms with van der Waals surface area (Å²) in [6.45, 7) is 1.45. The van der Waals surface area contributed by atoms with Crippen LogP contribution in [0.5, 0.6) is 5.75 Å². The van der Waals surface area contributed by atoms with Crippen LogP contribution in [-0.4, -0.2) is 49.9 Å². The van der Waals surface area contributed by atoms with Crippen LogP contribution in [0.25, 0.3) is 22.2 Å². The number of pyridine rings is 1. The first kappa shape index (κ1) is 19.4. The van der Waals surface area contributed by atoms with Gasteiger partial charge in [0.05, 0.1) is 6.33 Å². The topological polar surface area (TPSA) is 86.9 Å². The molecule has 0 spiro atoms. The monoisotopic (exact) mass is 447 g/mol. The number of benzene rings is 1. The van der Waals surface area contributed by atoms with Gasteiger partial charge < -0.3 is 19.6 Å². The average molecular weight is 448 g/mol. The summed E-state index contributed by atoms with van der Waals surface area (Å²) in [5.74, 6) is 1.21. The normalized spacial score (nSPS) is 18.7. The number of nitrogens with zero attached hydrogens (tertiary/aromatic N) is 3. The second-order valence-corrected chi connectivity index (χ2v) is 8.89. The molecule has 32 heavy (non-hydrogen) atoms. The SMILES string of the molecule is O=C([C@@H]1Cc2cc(Cl)cc(-c3ccnc4[nH]ccc34)c2O1)N1CCC(c2cnc[nH]2)CC1. The number of piperidine rings is 1. The van der Waals surface area contributed by atoms with E-state index in [0.29, 0.717) is 17.4 Å². The van der Waals surface area contributed by atoms with E-state index < -0.39 is 6.10 Å². The molecule has 0 bridgehead atoms. The van der Waals surface area contributed by atoms with E-state index in [2.05, 4.69) is 19.9 Å². The first-order valence-electron chi connectivity index (χ1n) is 10.9. The lowest BCUT2D eigenvalue weighted by Gasteiger charge is -2.32. The van der Waals surface area contributed by atoms with E-state index in [4.69, 9.17) is 16.3 Å². The summed E-state index contributed by atoms with van der Waals surface area (Å²) in [6.07, 6.45) is 9.08. The summed E-state index contributed by atoms with van der Waals surface area (Å²) in [6, 6.07) is 7.77. The molecule has 7 nitrogen and oxygen atoms in total. The maximum absolute atomic E-state index is 13.3. The zero-order valence-electron chi connectivity index (χ0n) is 17.3. The third-order valence-electron chi connectivity index (χ3n) is 6.59.